The Labute approximate surface area is 153 Å². The summed E-state index contributed by atoms with van der Waals surface area (Å²) < 4.78 is 27.9. The number of hydrogen-bond donors (Lipinski definition) is 1. The molecule has 1 aromatic heterocycles. The second kappa shape index (κ2) is 6.63. The Hall–Kier alpha value is -1.99. The highest BCUT2D eigenvalue weighted by atomic mass is 32.2. The molecule has 138 valence electrons. The second-order valence-electron chi connectivity index (χ2n) is 7.33. The van der Waals surface area contributed by atoms with Crippen LogP contribution in [0.2, 0.25) is 0 Å². The molecule has 2 aliphatic rings. The average molecular weight is 373 g/mol. The Morgan fingerprint density at radius 3 is 2.85 bits per heavy atom. The van der Waals surface area contributed by atoms with E-state index in [1.165, 1.54) is 4.31 Å². The number of carbonyl (C=O) groups is 1. The number of carbonyl (C=O) groups excluding carboxylic acids is 1. The standard InChI is InChI=1S/C19H23N3O3S/c1-13-10-14-4-2-6-17(18(14)20-11-13)26(24,25)22-9-3-5-15(12-22)19(23)21-16-7-8-16/h2,4,6,10-11,15-16H,3,5,7-9,12H2,1H3,(H,21,23). The molecular weight excluding hydrogens is 350 g/mol. The fraction of sp³-hybridized carbons (Fsp3) is 0.474. The number of pyridine rings is 1. The lowest BCUT2D eigenvalue weighted by atomic mass is 9.99. The van der Waals surface area contributed by atoms with Crippen LogP contribution in [0.5, 0.6) is 0 Å². The lowest BCUT2D eigenvalue weighted by Crippen LogP contribution is -2.45. The number of hydrogen-bond acceptors (Lipinski definition) is 4. The van der Waals surface area contributed by atoms with Gasteiger partial charge in [0.1, 0.15) is 4.90 Å². The summed E-state index contributed by atoms with van der Waals surface area (Å²) in [4.78, 5) is 16.9. The molecule has 1 aliphatic heterocycles. The van der Waals surface area contributed by atoms with Crippen LogP contribution in [0.4, 0.5) is 0 Å². The summed E-state index contributed by atoms with van der Waals surface area (Å²) in [5.41, 5.74) is 1.48. The van der Waals surface area contributed by atoms with Crippen LogP contribution < -0.4 is 5.32 Å². The molecule has 2 aromatic rings. The van der Waals surface area contributed by atoms with Crippen molar-refractivity contribution >= 4 is 26.8 Å². The van der Waals surface area contributed by atoms with Crippen molar-refractivity contribution in [1.82, 2.24) is 14.6 Å². The van der Waals surface area contributed by atoms with E-state index in [0.29, 0.717) is 24.5 Å². The van der Waals surface area contributed by atoms with Gasteiger partial charge in [0.05, 0.1) is 11.4 Å². The zero-order valence-electron chi connectivity index (χ0n) is 14.8. The smallest absolute Gasteiger partial charge is 0.245 e. The molecule has 2 heterocycles. The highest BCUT2D eigenvalue weighted by Gasteiger charge is 2.35. The molecule has 26 heavy (non-hydrogen) atoms. The first kappa shape index (κ1) is 17.4. The van der Waals surface area contributed by atoms with Crippen LogP contribution in [0, 0.1) is 12.8 Å². The van der Waals surface area contributed by atoms with Crippen LogP contribution in [-0.4, -0.2) is 42.7 Å². The third-order valence-electron chi connectivity index (χ3n) is 5.11. The fourth-order valence-electron chi connectivity index (χ4n) is 3.51. The van der Waals surface area contributed by atoms with Crippen molar-refractivity contribution in [2.24, 2.45) is 5.92 Å². The number of sulfonamides is 1. The van der Waals surface area contributed by atoms with Crippen molar-refractivity contribution in [3.05, 3.63) is 36.0 Å². The molecule has 1 unspecified atom stereocenters. The summed E-state index contributed by atoms with van der Waals surface area (Å²) in [5.74, 6) is -0.289. The van der Waals surface area contributed by atoms with Gasteiger partial charge in [-0.2, -0.15) is 4.31 Å². The van der Waals surface area contributed by atoms with Gasteiger partial charge in [0.25, 0.3) is 0 Å². The van der Waals surface area contributed by atoms with Gasteiger partial charge in [0.2, 0.25) is 15.9 Å². The van der Waals surface area contributed by atoms with Crippen molar-refractivity contribution in [3.8, 4) is 0 Å². The molecule has 0 bridgehead atoms. The zero-order chi connectivity index (χ0) is 18.3. The third kappa shape index (κ3) is 3.33. The van der Waals surface area contributed by atoms with Gasteiger partial charge in [0, 0.05) is 30.7 Å². The molecule has 1 aromatic carbocycles. The van der Waals surface area contributed by atoms with Crippen LogP contribution in [0.3, 0.4) is 0 Å². The van der Waals surface area contributed by atoms with Crippen molar-refractivity contribution < 1.29 is 13.2 Å². The summed E-state index contributed by atoms with van der Waals surface area (Å²) >= 11 is 0. The van der Waals surface area contributed by atoms with Gasteiger partial charge >= 0.3 is 0 Å². The van der Waals surface area contributed by atoms with E-state index in [-0.39, 0.29) is 23.3 Å². The lowest BCUT2D eigenvalue weighted by molar-refractivity contribution is -0.126. The second-order valence-corrected chi connectivity index (χ2v) is 9.23. The maximum absolute atomic E-state index is 13.2. The average Bonchev–Trinajstić information content (AvgIpc) is 3.45. The molecule has 1 amide bonds. The monoisotopic (exact) mass is 373 g/mol. The van der Waals surface area contributed by atoms with Gasteiger partial charge in [-0.25, -0.2) is 8.42 Å². The van der Waals surface area contributed by atoms with Crippen LogP contribution in [0.25, 0.3) is 10.9 Å². The summed E-state index contributed by atoms with van der Waals surface area (Å²) in [7, 11) is -3.69. The van der Waals surface area contributed by atoms with E-state index in [1.54, 1.807) is 18.3 Å². The number of aromatic nitrogens is 1. The van der Waals surface area contributed by atoms with E-state index in [2.05, 4.69) is 10.3 Å². The normalized spacial score (nSPS) is 21.7. The minimum Gasteiger partial charge on any atom is -0.353 e. The zero-order valence-corrected chi connectivity index (χ0v) is 15.6. The third-order valence-corrected chi connectivity index (χ3v) is 7.00. The molecule has 0 spiro atoms. The van der Waals surface area contributed by atoms with Crippen LogP contribution in [-0.2, 0) is 14.8 Å². The van der Waals surface area contributed by atoms with E-state index < -0.39 is 10.0 Å². The number of nitrogens with one attached hydrogen (secondary N) is 1. The molecule has 1 atom stereocenters. The number of nitrogens with zero attached hydrogens (tertiary/aromatic N) is 2. The summed E-state index contributed by atoms with van der Waals surface area (Å²) in [5, 5.41) is 3.81. The molecule has 1 aliphatic carbocycles. The van der Waals surface area contributed by atoms with Gasteiger partial charge in [-0.3, -0.25) is 9.78 Å². The number of rotatable bonds is 4. The number of piperidine rings is 1. The van der Waals surface area contributed by atoms with Gasteiger partial charge in [-0.15, -0.1) is 0 Å². The molecule has 2 fully saturated rings. The summed E-state index contributed by atoms with van der Waals surface area (Å²) in [6, 6.07) is 7.45. The molecule has 0 radical (unpaired) electrons. The molecule has 1 N–H and O–H groups in total. The van der Waals surface area contributed by atoms with Crippen LogP contribution in [0.15, 0.2) is 35.4 Å². The number of para-hydroxylation sites is 1. The van der Waals surface area contributed by atoms with E-state index in [4.69, 9.17) is 0 Å². The Morgan fingerprint density at radius 2 is 2.08 bits per heavy atom. The first-order valence-electron chi connectivity index (χ1n) is 9.11. The predicted molar refractivity (Wildman–Crippen MR) is 99.1 cm³/mol. The van der Waals surface area contributed by atoms with E-state index in [1.807, 2.05) is 19.1 Å². The Balaban J connectivity index is 1.62. The van der Waals surface area contributed by atoms with Gasteiger partial charge in [-0.1, -0.05) is 12.1 Å². The number of fused-ring (bicyclic) bond motifs is 1. The van der Waals surface area contributed by atoms with Crippen LogP contribution in [0.1, 0.15) is 31.2 Å². The fourth-order valence-corrected chi connectivity index (χ4v) is 5.20. The Kier molecular flexibility index (Phi) is 4.44. The number of aryl methyl sites for hydroxylation is 1. The maximum Gasteiger partial charge on any atom is 0.245 e. The van der Waals surface area contributed by atoms with Crippen LogP contribution >= 0.6 is 0 Å². The van der Waals surface area contributed by atoms with Gasteiger partial charge < -0.3 is 5.32 Å². The minimum absolute atomic E-state index is 0.0148. The molecule has 6 nitrogen and oxygen atoms in total. The minimum atomic E-state index is -3.69. The molecule has 4 rings (SSSR count). The van der Waals surface area contributed by atoms with E-state index in [9.17, 15) is 13.2 Å². The van der Waals surface area contributed by atoms with Gasteiger partial charge in [0.15, 0.2) is 0 Å². The van der Waals surface area contributed by atoms with E-state index >= 15 is 0 Å². The SMILES string of the molecule is Cc1cnc2c(S(=O)(=O)N3CCCC(C(=O)NC4CC4)C3)cccc2c1. The molecule has 1 saturated carbocycles. The predicted octanol–water partition coefficient (Wildman–Crippen LogP) is 2.22. The first-order chi connectivity index (χ1) is 12.4. The lowest BCUT2D eigenvalue weighted by Gasteiger charge is -2.31. The Bertz CT molecular complexity index is 954. The highest BCUT2D eigenvalue weighted by Crippen LogP contribution is 2.29. The van der Waals surface area contributed by atoms with E-state index in [0.717, 1.165) is 30.2 Å². The first-order valence-corrected chi connectivity index (χ1v) is 10.5. The Morgan fingerprint density at radius 1 is 1.27 bits per heavy atom. The van der Waals surface area contributed by atoms with Crippen molar-refractivity contribution in [2.75, 3.05) is 13.1 Å². The highest BCUT2D eigenvalue weighted by molar-refractivity contribution is 7.89. The molecule has 1 saturated heterocycles. The molecular formula is C19H23N3O3S. The van der Waals surface area contributed by atoms with Crippen molar-refractivity contribution in [1.29, 1.82) is 0 Å². The van der Waals surface area contributed by atoms with Gasteiger partial charge in [-0.05, 0) is 50.3 Å². The number of benzene rings is 1. The quantitative estimate of drug-likeness (QED) is 0.891. The largest absolute Gasteiger partial charge is 0.353 e. The summed E-state index contributed by atoms with van der Waals surface area (Å²) in [6.07, 6.45) is 5.17. The number of amides is 1. The van der Waals surface area contributed by atoms with Crippen molar-refractivity contribution in [2.45, 2.75) is 43.5 Å². The molecule has 7 heteroatoms. The maximum atomic E-state index is 13.2. The topological polar surface area (TPSA) is 79.4 Å². The summed E-state index contributed by atoms with van der Waals surface area (Å²) in [6.45, 7) is 2.61. The van der Waals surface area contributed by atoms with Crippen molar-refractivity contribution in [3.63, 3.8) is 0 Å².